The number of aryl methyl sites for hydroxylation is 1. The van der Waals surface area contributed by atoms with Gasteiger partial charge in [-0.3, -0.25) is 0 Å². The molecule has 2 aromatic carbocycles. The van der Waals surface area contributed by atoms with Crippen LogP contribution < -0.4 is 9.47 Å². The Morgan fingerprint density at radius 2 is 1.68 bits per heavy atom. The number of carbonyl (C=O) groups is 2. The van der Waals surface area contributed by atoms with Crippen molar-refractivity contribution in [2.75, 3.05) is 14.2 Å². The van der Waals surface area contributed by atoms with Gasteiger partial charge in [0.05, 0.1) is 14.2 Å². The molecule has 142 valence electrons. The maximum atomic E-state index is 12.1. The number of hydrogen-bond donors (Lipinski definition) is 0. The van der Waals surface area contributed by atoms with E-state index in [0.29, 0.717) is 5.56 Å². The van der Waals surface area contributed by atoms with Crippen molar-refractivity contribution in [3.63, 3.8) is 0 Å². The van der Waals surface area contributed by atoms with Gasteiger partial charge in [-0.1, -0.05) is 35.9 Å². The van der Waals surface area contributed by atoms with Gasteiger partial charge in [-0.25, -0.2) is 9.59 Å². The molecular weight excluding hydrogens is 358 g/mol. The van der Waals surface area contributed by atoms with Crippen LogP contribution in [0.1, 0.15) is 16.7 Å². The smallest absolute Gasteiger partial charge is 0.348 e. The normalized spacial score (nSPS) is 11.0. The van der Waals surface area contributed by atoms with Gasteiger partial charge in [0.2, 0.25) is 0 Å². The van der Waals surface area contributed by atoms with E-state index in [1.807, 2.05) is 31.2 Å². The molecule has 0 saturated heterocycles. The van der Waals surface area contributed by atoms with Crippen molar-refractivity contribution in [1.29, 1.82) is 5.26 Å². The first-order chi connectivity index (χ1) is 13.5. The molecule has 0 atom stereocenters. The summed E-state index contributed by atoms with van der Waals surface area (Å²) < 4.78 is 15.1. The Morgan fingerprint density at radius 3 is 2.29 bits per heavy atom. The molecule has 0 amide bonds. The monoisotopic (exact) mass is 377 g/mol. The summed E-state index contributed by atoms with van der Waals surface area (Å²) >= 11 is 0. The van der Waals surface area contributed by atoms with Crippen molar-refractivity contribution < 1.29 is 23.8 Å². The van der Waals surface area contributed by atoms with Crippen LogP contribution in [-0.4, -0.2) is 26.2 Å². The molecule has 6 heteroatoms. The predicted molar refractivity (Wildman–Crippen MR) is 104 cm³/mol. The van der Waals surface area contributed by atoms with Gasteiger partial charge < -0.3 is 14.2 Å². The molecule has 2 aromatic rings. The summed E-state index contributed by atoms with van der Waals surface area (Å²) in [5, 5.41) is 9.03. The maximum absolute atomic E-state index is 12.1. The highest BCUT2D eigenvalue weighted by molar-refractivity contribution is 5.98. The van der Waals surface area contributed by atoms with Gasteiger partial charge in [0.15, 0.2) is 11.5 Å². The van der Waals surface area contributed by atoms with Crippen molar-refractivity contribution >= 4 is 24.1 Å². The molecule has 0 saturated carbocycles. The summed E-state index contributed by atoms with van der Waals surface area (Å²) in [6.07, 6.45) is 4.33. The third-order valence-electron chi connectivity index (χ3n) is 3.72. The standard InChI is InChI=1S/C22H19NO5/c1-15-4-6-16(7-5-15)9-11-21(24)28-19-10-8-17(13-20(19)26-2)12-18(14-23)22(25)27-3/h4-13H,1-3H3/b11-9+,18-12+. The van der Waals surface area contributed by atoms with Crippen LogP contribution in [0.4, 0.5) is 0 Å². The Labute approximate surface area is 163 Å². The average molecular weight is 377 g/mol. The zero-order valence-corrected chi connectivity index (χ0v) is 15.8. The van der Waals surface area contributed by atoms with Crippen LogP contribution in [0.2, 0.25) is 0 Å². The molecule has 0 fully saturated rings. The fourth-order valence-corrected chi connectivity index (χ4v) is 2.26. The molecule has 2 rings (SSSR count). The molecular formula is C22H19NO5. The van der Waals surface area contributed by atoms with E-state index in [9.17, 15) is 9.59 Å². The summed E-state index contributed by atoms with van der Waals surface area (Å²) in [6, 6.07) is 14.1. The van der Waals surface area contributed by atoms with Crippen LogP contribution in [0.3, 0.4) is 0 Å². The van der Waals surface area contributed by atoms with Crippen LogP contribution in [0, 0.1) is 18.3 Å². The Bertz CT molecular complexity index is 965. The number of ether oxygens (including phenoxy) is 3. The summed E-state index contributed by atoms with van der Waals surface area (Å²) in [7, 11) is 2.62. The van der Waals surface area contributed by atoms with E-state index in [4.69, 9.17) is 14.7 Å². The molecule has 0 bridgehead atoms. The van der Waals surface area contributed by atoms with Crippen molar-refractivity contribution in [2.45, 2.75) is 6.92 Å². The van der Waals surface area contributed by atoms with Gasteiger partial charge in [-0.2, -0.15) is 5.26 Å². The minimum absolute atomic E-state index is 0.157. The Morgan fingerprint density at radius 1 is 1.00 bits per heavy atom. The van der Waals surface area contributed by atoms with Gasteiger partial charge in [-0.15, -0.1) is 0 Å². The lowest BCUT2D eigenvalue weighted by molar-refractivity contribution is -0.135. The third-order valence-corrected chi connectivity index (χ3v) is 3.72. The van der Waals surface area contributed by atoms with Crippen molar-refractivity contribution in [2.24, 2.45) is 0 Å². The molecule has 0 unspecified atom stereocenters. The number of methoxy groups -OCH3 is 2. The molecule has 0 N–H and O–H groups in total. The molecule has 28 heavy (non-hydrogen) atoms. The van der Waals surface area contributed by atoms with E-state index < -0.39 is 11.9 Å². The van der Waals surface area contributed by atoms with E-state index in [1.165, 1.54) is 32.4 Å². The maximum Gasteiger partial charge on any atom is 0.348 e. The lowest BCUT2D eigenvalue weighted by atomic mass is 10.1. The predicted octanol–water partition coefficient (Wildman–Crippen LogP) is 3.70. The summed E-state index contributed by atoms with van der Waals surface area (Å²) in [6.45, 7) is 1.98. The van der Waals surface area contributed by atoms with E-state index >= 15 is 0 Å². The van der Waals surface area contributed by atoms with Gasteiger partial charge in [0.25, 0.3) is 0 Å². The molecule has 0 radical (unpaired) electrons. The Kier molecular flexibility index (Phi) is 7.12. The number of nitrogens with zero attached hydrogens (tertiary/aromatic N) is 1. The van der Waals surface area contributed by atoms with Crippen LogP contribution in [0.5, 0.6) is 11.5 Å². The quantitative estimate of drug-likeness (QED) is 0.330. The van der Waals surface area contributed by atoms with Crippen molar-refractivity contribution in [3.05, 3.63) is 70.8 Å². The summed E-state index contributed by atoms with van der Waals surface area (Å²) in [5.41, 5.74) is 2.37. The van der Waals surface area contributed by atoms with E-state index in [-0.39, 0.29) is 17.1 Å². The number of rotatable bonds is 6. The first kappa shape index (κ1) is 20.5. The van der Waals surface area contributed by atoms with E-state index in [2.05, 4.69) is 4.74 Å². The lowest BCUT2D eigenvalue weighted by Gasteiger charge is -2.09. The largest absolute Gasteiger partial charge is 0.493 e. The second-order valence-corrected chi connectivity index (χ2v) is 5.74. The topological polar surface area (TPSA) is 85.6 Å². The zero-order valence-electron chi connectivity index (χ0n) is 15.8. The third kappa shape index (κ3) is 5.58. The average Bonchev–Trinajstić information content (AvgIpc) is 2.71. The van der Waals surface area contributed by atoms with Crippen LogP contribution >= 0.6 is 0 Å². The summed E-state index contributed by atoms with van der Waals surface area (Å²) in [5.74, 6) is -0.796. The summed E-state index contributed by atoms with van der Waals surface area (Å²) in [4.78, 5) is 23.6. The van der Waals surface area contributed by atoms with Gasteiger partial charge in [0, 0.05) is 6.08 Å². The van der Waals surface area contributed by atoms with Gasteiger partial charge in [0.1, 0.15) is 11.6 Å². The highest BCUT2D eigenvalue weighted by Gasteiger charge is 2.12. The minimum atomic E-state index is -0.738. The van der Waals surface area contributed by atoms with Crippen LogP contribution in [0.15, 0.2) is 54.1 Å². The minimum Gasteiger partial charge on any atom is -0.493 e. The first-order valence-corrected chi connectivity index (χ1v) is 8.31. The molecule has 0 aliphatic carbocycles. The van der Waals surface area contributed by atoms with Crippen LogP contribution in [-0.2, 0) is 14.3 Å². The molecule has 0 heterocycles. The van der Waals surface area contributed by atoms with Gasteiger partial charge in [-0.05, 0) is 42.3 Å². The highest BCUT2D eigenvalue weighted by atomic mass is 16.6. The molecule has 0 aliphatic heterocycles. The Balaban J connectivity index is 2.16. The van der Waals surface area contributed by atoms with E-state index in [1.54, 1.807) is 24.3 Å². The lowest BCUT2D eigenvalue weighted by Crippen LogP contribution is -2.05. The molecule has 6 nitrogen and oxygen atoms in total. The van der Waals surface area contributed by atoms with Crippen molar-refractivity contribution in [3.8, 4) is 17.6 Å². The van der Waals surface area contributed by atoms with E-state index in [0.717, 1.165) is 11.1 Å². The number of carbonyl (C=O) groups excluding carboxylic acids is 2. The number of hydrogen-bond acceptors (Lipinski definition) is 6. The molecule has 0 spiro atoms. The fraction of sp³-hybridized carbons (Fsp3) is 0.136. The second kappa shape index (κ2) is 9.74. The first-order valence-electron chi connectivity index (χ1n) is 8.31. The molecule has 0 aromatic heterocycles. The zero-order chi connectivity index (χ0) is 20.5. The number of nitriles is 1. The van der Waals surface area contributed by atoms with Crippen molar-refractivity contribution in [1.82, 2.24) is 0 Å². The second-order valence-electron chi connectivity index (χ2n) is 5.74. The number of esters is 2. The molecule has 0 aliphatic rings. The fourth-order valence-electron chi connectivity index (χ4n) is 2.26. The van der Waals surface area contributed by atoms with Gasteiger partial charge >= 0.3 is 11.9 Å². The van der Waals surface area contributed by atoms with Crippen LogP contribution in [0.25, 0.3) is 12.2 Å². The SMILES string of the molecule is COC(=O)/C(C#N)=C/c1ccc(OC(=O)/C=C/c2ccc(C)cc2)c(OC)c1. The Hall–Kier alpha value is -3.85. The highest BCUT2D eigenvalue weighted by Crippen LogP contribution is 2.29. The number of benzene rings is 2.